The van der Waals surface area contributed by atoms with E-state index in [1.54, 1.807) is 5.37 Å². The number of thiocarbonyl (C=S) groups is 1. The van der Waals surface area contributed by atoms with Gasteiger partial charge in [0.1, 0.15) is 0 Å². The van der Waals surface area contributed by atoms with Gasteiger partial charge < -0.3 is 0 Å². The summed E-state index contributed by atoms with van der Waals surface area (Å²) in [6.07, 6.45) is 0. The van der Waals surface area contributed by atoms with Gasteiger partial charge in [-0.05, 0) is 5.56 Å². The Morgan fingerprint density at radius 1 is 0.684 bits per heavy atom. The molecule has 1 aromatic rings. The summed E-state index contributed by atoms with van der Waals surface area (Å²) in [5.41, 5.74) is 1.10. The molecule has 5 nitrogen and oxygen atoms in total. The summed E-state index contributed by atoms with van der Waals surface area (Å²) in [5.74, 6) is 0. The van der Waals surface area contributed by atoms with Crippen LogP contribution in [0.2, 0.25) is 0 Å². The van der Waals surface area contributed by atoms with Crippen LogP contribution < -0.4 is 0 Å². The van der Waals surface area contributed by atoms with Gasteiger partial charge in [0.25, 0.3) is 0 Å². The van der Waals surface area contributed by atoms with Crippen molar-refractivity contribution in [3.63, 3.8) is 0 Å². The maximum Gasteiger partial charge on any atom is 0 e. The third-order valence-electron chi connectivity index (χ3n) is 0.936. The van der Waals surface area contributed by atoms with E-state index in [-0.39, 0.29) is 21.1 Å². The molecule has 1 aromatic carbocycles. The van der Waals surface area contributed by atoms with E-state index in [1.165, 1.54) is 0 Å². The SMILES string of the molecule is S=Cc1ccccc1.[C-]#[O+].[C-]#[O+].[C-]#[O+].[C-]#[O+].[C-]#[O+].[W]. The Labute approximate surface area is 131 Å². The summed E-state index contributed by atoms with van der Waals surface area (Å²) >= 11 is 4.69. The molecule has 7 heteroatoms. The molecule has 0 unspecified atom stereocenters. The first-order valence-electron chi connectivity index (χ1n) is 3.46. The van der Waals surface area contributed by atoms with E-state index in [0.29, 0.717) is 0 Å². The normalized spacial score (nSPS) is 4.11. The van der Waals surface area contributed by atoms with E-state index in [1.807, 2.05) is 30.3 Å². The molecule has 0 saturated heterocycles. The van der Waals surface area contributed by atoms with Gasteiger partial charge in [-0.1, -0.05) is 42.5 Å². The zero-order valence-electron chi connectivity index (χ0n) is 9.32. The number of hydrogen-bond acceptors (Lipinski definition) is 1. The average molecular weight is 446 g/mol. The van der Waals surface area contributed by atoms with E-state index in [9.17, 15) is 0 Å². The van der Waals surface area contributed by atoms with Gasteiger partial charge >= 0.3 is 56.5 Å². The predicted octanol–water partition coefficient (Wildman–Crippen LogP) is 1.84. The third kappa shape index (κ3) is 47.7. The van der Waals surface area contributed by atoms with Gasteiger partial charge in [-0.3, -0.25) is 0 Å². The molecular weight excluding hydrogens is 440 g/mol. The smallest absolute Gasteiger partial charge is 0 e. The van der Waals surface area contributed by atoms with Gasteiger partial charge in [0.05, 0.1) is 0 Å². The molecule has 0 aliphatic heterocycles. The predicted molar refractivity (Wildman–Crippen MR) is 58.8 cm³/mol. The maximum atomic E-state index is 7.50. The monoisotopic (exact) mass is 446 g/mol. The summed E-state index contributed by atoms with van der Waals surface area (Å²) < 4.78 is 37.5. The van der Waals surface area contributed by atoms with Gasteiger partial charge in [-0.2, -0.15) is 0 Å². The van der Waals surface area contributed by atoms with Crippen LogP contribution in [-0.4, -0.2) is 5.37 Å². The zero-order valence-corrected chi connectivity index (χ0v) is 13.1. The molecule has 0 heterocycles. The van der Waals surface area contributed by atoms with Crippen molar-refractivity contribution in [3.05, 3.63) is 69.1 Å². The van der Waals surface area contributed by atoms with Crippen molar-refractivity contribution in [2.75, 3.05) is 0 Å². The molecular formula is C12H6O5SW. The van der Waals surface area contributed by atoms with Crippen molar-refractivity contribution in [2.45, 2.75) is 0 Å². The van der Waals surface area contributed by atoms with Gasteiger partial charge in [-0.25, -0.2) is 0 Å². The molecule has 0 spiro atoms. The van der Waals surface area contributed by atoms with Crippen LogP contribution in [0.5, 0.6) is 0 Å². The summed E-state index contributed by atoms with van der Waals surface area (Å²) in [6, 6.07) is 9.87. The second kappa shape index (κ2) is 69.4. The summed E-state index contributed by atoms with van der Waals surface area (Å²) in [6.45, 7) is 22.5. The summed E-state index contributed by atoms with van der Waals surface area (Å²) in [7, 11) is 0. The number of hydrogen-bond donors (Lipinski definition) is 0. The molecule has 19 heavy (non-hydrogen) atoms. The van der Waals surface area contributed by atoms with E-state index in [2.05, 4.69) is 33.3 Å². The van der Waals surface area contributed by atoms with Crippen LogP contribution in [-0.2, 0) is 44.3 Å². The minimum Gasteiger partial charge on any atom is 0 e. The van der Waals surface area contributed by atoms with E-state index in [4.69, 9.17) is 35.5 Å². The van der Waals surface area contributed by atoms with Crippen LogP contribution in [0, 0.1) is 33.3 Å². The Morgan fingerprint density at radius 2 is 0.947 bits per heavy atom. The van der Waals surface area contributed by atoms with Crippen LogP contribution in [0.25, 0.3) is 0 Å². The molecule has 0 radical (unpaired) electrons. The van der Waals surface area contributed by atoms with Crippen molar-refractivity contribution in [1.82, 2.24) is 0 Å². The van der Waals surface area contributed by atoms with Crippen LogP contribution in [0.3, 0.4) is 0 Å². The first-order valence-corrected chi connectivity index (χ1v) is 3.93. The first kappa shape index (κ1) is 36.1. The van der Waals surface area contributed by atoms with Crippen LogP contribution in [0.4, 0.5) is 0 Å². The van der Waals surface area contributed by atoms with Crippen LogP contribution in [0.1, 0.15) is 5.56 Å². The van der Waals surface area contributed by atoms with Gasteiger partial charge in [0, 0.05) is 26.4 Å². The zero-order chi connectivity index (χ0) is 15.8. The minimum atomic E-state index is 0. The molecule has 0 bridgehead atoms. The third-order valence-corrected chi connectivity index (χ3v) is 1.21. The molecule has 0 N–H and O–H groups in total. The largest absolute Gasteiger partial charge is 0 e. The topological polar surface area (TPSA) is 99.5 Å². The van der Waals surface area contributed by atoms with Crippen molar-refractivity contribution in [1.29, 1.82) is 0 Å². The Hall–Kier alpha value is -1.30. The molecule has 0 amide bonds. The van der Waals surface area contributed by atoms with Crippen molar-refractivity contribution in [2.24, 2.45) is 0 Å². The second-order valence-electron chi connectivity index (χ2n) is 1.53. The van der Waals surface area contributed by atoms with E-state index in [0.717, 1.165) is 5.56 Å². The molecule has 1 rings (SSSR count). The fraction of sp³-hybridized carbons (Fsp3) is 0. The fourth-order valence-electron chi connectivity index (χ4n) is 0.532. The Bertz CT molecular complexity index is 319. The molecule has 0 aliphatic rings. The molecule has 0 atom stereocenters. The average Bonchev–Trinajstić information content (AvgIpc) is 2.57. The summed E-state index contributed by atoms with van der Waals surface area (Å²) in [5, 5.41) is 1.67. The molecule has 96 valence electrons. The van der Waals surface area contributed by atoms with Crippen LogP contribution >= 0.6 is 12.2 Å². The molecule has 0 fully saturated rings. The maximum absolute atomic E-state index is 7.50. The number of rotatable bonds is 1. The van der Waals surface area contributed by atoms with E-state index >= 15 is 0 Å². The van der Waals surface area contributed by atoms with Crippen LogP contribution in [0.15, 0.2) is 30.3 Å². The molecule has 0 saturated carbocycles. The standard InChI is InChI=1S/C7H6S.5CO.W/c8-6-7-4-2-1-3-5-7;5*1-2;/h1-6H;;;;;;. The second-order valence-corrected chi connectivity index (χ2v) is 1.76. The molecule has 0 aromatic heterocycles. The first-order chi connectivity index (χ1) is 8.93. The van der Waals surface area contributed by atoms with Gasteiger partial charge in [0.15, 0.2) is 0 Å². The van der Waals surface area contributed by atoms with Crippen molar-refractivity contribution in [3.8, 4) is 0 Å². The molecule has 0 aliphatic carbocycles. The van der Waals surface area contributed by atoms with Gasteiger partial charge in [-0.15, -0.1) is 0 Å². The Morgan fingerprint density at radius 3 is 1.11 bits per heavy atom. The van der Waals surface area contributed by atoms with Crippen molar-refractivity contribution < 1.29 is 44.3 Å². The Balaban J connectivity index is -0.0000000332. The van der Waals surface area contributed by atoms with Crippen molar-refractivity contribution >= 4 is 17.6 Å². The minimum absolute atomic E-state index is 0. The number of benzene rings is 1. The quantitative estimate of drug-likeness (QED) is 0.367. The van der Waals surface area contributed by atoms with Gasteiger partial charge in [0.2, 0.25) is 0 Å². The Kier molecular flexibility index (Phi) is 132. The van der Waals surface area contributed by atoms with E-state index < -0.39 is 0 Å². The fourth-order valence-corrected chi connectivity index (χ4v) is 0.689. The summed E-state index contributed by atoms with van der Waals surface area (Å²) in [4.78, 5) is 0.